The number of aliphatic carboxylic acids is 2. The number of nitrogens with zero attached hydrogens (tertiary/aromatic N) is 4. The van der Waals surface area contributed by atoms with Crippen molar-refractivity contribution in [3.8, 4) is 0 Å². The SMILES string of the molecule is Nc1nc(/C(=N/OCC(=O)O)C(=O)N[C@@H]2C(=O)N3C(C(=O)O)=C(S/C=C\C(=O)N4CCCC4)CS[C@H]23)cs1. The molecule has 3 aliphatic rings. The molecule has 4 heterocycles. The van der Waals surface area contributed by atoms with Gasteiger partial charge in [0.15, 0.2) is 10.8 Å². The van der Waals surface area contributed by atoms with Crippen molar-refractivity contribution in [3.05, 3.63) is 33.2 Å². The van der Waals surface area contributed by atoms with Gasteiger partial charge in [0.25, 0.3) is 11.8 Å². The minimum absolute atomic E-state index is 0.0235. The molecule has 17 heteroatoms. The number of aromatic nitrogens is 1. The Morgan fingerprint density at radius 2 is 2.03 bits per heavy atom. The molecule has 0 unspecified atom stereocenters. The van der Waals surface area contributed by atoms with Gasteiger partial charge < -0.3 is 31.0 Å². The first-order valence-corrected chi connectivity index (χ1v) is 14.0. The number of thiazole rings is 1. The number of rotatable bonds is 10. The second-order valence-electron chi connectivity index (χ2n) is 8.07. The Labute approximate surface area is 227 Å². The highest BCUT2D eigenvalue weighted by Crippen LogP contribution is 2.43. The van der Waals surface area contributed by atoms with Crippen LogP contribution in [0.3, 0.4) is 0 Å². The van der Waals surface area contributed by atoms with Crippen molar-refractivity contribution in [1.82, 2.24) is 20.1 Å². The molecule has 4 rings (SSSR count). The van der Waals surface area contributed by atoms with Crippen molar-refractivity contribution in [2.75, 3.05) is 31.2 Å². The first-order chi connectivity index (χ1) is 18.2. The Morgan fingerprint density at radius 3 is 2.66 bits per heavy atom. The zero-order chi connectivity index (χ0) is 27.4. The highest BCUT2D eigenvalue weighted by atomic mass is 32.2. The Morgan fingerprint density at radius 1 is 1.29 bits per heavy atom. The third-order valence-corrected chi connectivity index (χ3v) is 8.62. The molecule has 1 aromatic heterocycles. The molecule has 0 saturated carbocycles. The number of hydrogen-bond acceptors (Lipinski definition) is 12. The quantitative estimate of drug-likeness (QED) is 0.125. The van der Waals surface area contributed by atoms with Gasteiger partial charge in [-0.2, -0.15) is 0 Å². The molecule has 3 amide bonds. The van der Waals surface area contributed by atoms with Crippen molar-refractivity contribution in [2.45, 2.75) is 24.3 Å². The summed E-state index contributed by atoms with van der Waals surface area (Å²) in [6, 6.07) is -1.07. The van der Waals surface area contributed by atoms with Gasteiger partial charge in [-0.3, -0.25) is 19.3 Å². The highest BCUT2D eigenvalue weighted by molar-refractivity contribution is 8.08. The van der Waals surface area contributed by atoms with Gasteiger partial charge in [-0.05, 0) is 18.2 Å². The van der Waals surface area contributed by atoms with Crippen LogP contribution in [0.25, 0.3) is 0 Å². The number of thioether (sulfide) groups is 2. The van der Waals surface area contributed by atoms with Crippen LogP contribution < -0.4 is 11.1 Å². The van der Waals surface area contributed by atoms with E-state index >= 15 is 0 Å². The molecule has 0 aliphatic carbocycles. The van der Waals surface area contributed by atoms with Crippen LogP contribution in [0.4, 0.5) is 5.13 Å². The normalized spacial score (nSPS) is 21.4. The lowest BCUT2D eigenvalue weighted by atomic mass is 10.0. The molecule has 38 heavy (non-hydrogen) atoms. The number of likely N-dealkylation sites (tertiary alicyclic amines) is 1. The van der Waals surface area contributed by atoms with E-state index in [2.05, 4.69) is 20.3 Å². The van der Waals surface area contributed by atoms with Crippen molar-refractivity contribution < 1.29 is 39.0 Å². The second kappa shape index (κ2) is 11.9. The summed E-state index contributed by atoms with van der Waals surface area (Å²) in [6.45, 7) is 0.575. The number of carboxylic acid groups (broad SMARTS) is 2. The predicted molar refractivity (Wildman–Crippen MR) is 139 cm³/mol. The Bertz CT molecular complexity index is 1260. The van der Waals surface area contributed by atoms with E-state index in [9.17, 15) is 29.1 Å². The van der Waals surface area contributed by atoms with Crippen LogP contribution in [0, 0.1) is 0 Å². The smallest absolute Gasteiger partial charge is 0.353 e. The lowest BCUT2D eigenvalue weighted by molar-refractivity contribution is -0.150. The number of carbonyl (C=O) groups is 5. The van der Waals surface area contributed by atoms with E-state index in [4.69, 9.17) is 10.8 Å². The molecule has 14 nitrogen and oxygen atoms in total. The Hall–Kier alpha value is -3.57. The molecule has 3 aliphatic heterocycles. The van der Waals surface area contributed by atoms with Crippen LogP contribution in [0.5, 0.6) is 0 Å². The standard InChI is InChI=1S/C21H22N6O8S3/c22-21-23-10(8-38-21)14(25-35-7-13(29)30)17(31)24-15-18(32)27-16(20(33)34)11(9-37-19(15)27)36-6-3-12(28)26-4-1-2-5-26/h3,6,8,15,19H,1-2,4-5,7,9H2,(H2,22,23)(H,24,31)(H,29,30)(H,33,34)/b6-3-,25-14-/t15-,19-/m1/s1. The van der Waals surface area contributed by atoms with Crippen LogP contribution in [-0.2, 0) is 28.8 Å². The third-order valence-electron chi connectivity index (χ3n) is 5.58. The summed E-state index contributed by atoms with van der Waals surface area (Å²) in [5.41, 5.74) is 5.04. The fraction of sp³-hybridized carbons (Fsp3) is 0.381. The number of nitrogens with one attached hydrogen (secondary N) is 1. The molecule has 1 aromatic rings. The molecule has 0 bridgehead atoms. The number of hydrogen-bond donors (Lipinski definition) is 4. The molecular weight excluding hydrogens is 560 g/mol. The van der Waals surface area contributed by atoms with E-state index in [0.29, 0.717) is 18.0 Å². The van der Waals surface area contributed by atoms with Gasteiger partial charge in [-0.25, -0.2) is 14.6 Å². The summed E-state index contributed by atoms with van der Waals surface area (Å²) in [7, 11) is 0. The molecule has 2 atom stereocenters. The van der Waals surface area contributed by atoms with Crippen molar-refractivity contribution >= 4 is 75.4 Å². The molecular formula is C21H22N6O8S3. The van der Waals surface area contributed by atoms with Crippen molar-refractivity contribution in [1.29, 1.82) is 0 Å². The number of nitrogen functional groups attached to an aromatic ring is 1. The van der Waals surface area contributed by atoms with E-state index < -0.39 is 41.8 Å². The van der Waals surface area contributed by atoms with E-state index in [0.717, 1.165) is 40.8 Å². The first kappa shape index (κ1) is 27.5. The molecule has 2 fully saturated rings. The minimum atomic E-state index is -1.31. The number of carbonyl (C=O) groups excluding carboxylic acids is 3. The average Bonchev–Trinajstić information content (AvgIpc) is 3.56. The summed E-state index contributed by atoms with van der Waals surface area (Å²) in [6.07, 6.45) is 3.29. The van der Waals surface area contributed by atoms with Crippen LogP contribution >= 0.6 is 34.9 Å². The monoisotopic (exact) mass is 582 g/mol. The van der Waals surface area contributed by atoms with Gasteiger partial charge in [0.05, 0.1) is 0 Å². The second-order valence-corrected chi connectivity index (χ2v) is 11.1. The molecule has 202 valence electrons. The maximum absolute atomic E-state index is 12.9. The van der Waals surface area contributed by atoms with Crippen molar-refractivity contribution in [3.63, 3.8) is 0 Å². The molecule has 0 radical (unpaired) electrons. The Balaban J connectivity index is 1.45. The average molecular weight is 583 g/mol. The molecule has 5 N–H and O–H groups in total. The lowest BCUT2D eigenvalue weighted by Crippen LogP contribution is -2.71. The molecule has 2 saturated heterocycles. The summed E-state index contributed by atoms with van der Waals surface area (Å²) < 4.78 is 0. The third kappa shape index (κ3) is 5.94. The Kier molecular flexibility index (Phi) is 8.58. The number of anilines is 1. The van der Waals surface area contributed by atoms with Gasteiger partial charge in [0, 0.05) is 35.2 Å². The number of carboxylic acids is 2. The van der Waals surface area contributed by atoms with Crippen molar-refractivity contribution in [2.24, 2.45) is 5.16 Å². The number of amides is 3. The maximum atomic E-state index is 12.9. The van der Waals surface area contributed by atoms with E-state index in [1.54, 1.807) is 4.90 Å². The van der Waals surface area contributed by atoms with Gasteiger partial charge in [-0.1, -0.05) is 16.9 Å². The van der Waals surface area contributed by atoms with Crippen LogP contribution in [-0.4, -0.2) is 97.2 Å². The zero-order valence-electron chi connectivity index (χ0n) is 19.6. The zero-order valence-corrected chi connectivity index (χ0v) is 22.0. The largest absolute Gasteiger partial charge is 0.479 e. The highest BCUT2D eigenvalue weighted by Gasteiger charge is 2.54. The fourth-order valence-electron chi connectivity index (χ4n) is 3.86. The van der Waals surface area contributed by atoms with E-state index in [1.165, 1.54) is 28.6 Å². The number of fused-ring (bicyclic) bond motifs is 1. The molecule has 0 spiro atoms. The fourth-order valence-corrected chi connectivity index (χ4v) is 6.73. The van der Waals surface area contributed by atoms with Gasteiger partial charge in [-0.15, -0.1) is 23.1 Å². The summed E-state index contributed by atoms with van der Waals surface area (Å²) >= 11 is 3.33. The summed E-state index contributed by atoms with van der Waals surface area (Å²) in [5.74, 6) is -4.05. The van der Waals surface area contributed by atoms with Gasteiger partial charge in [0.1, 0.15) is 22.8 Å². The summed E-state index contributed by atoms with van der Waals surface area (Å²) in [4.78, 5) is 72.7. The summed E-state index contributed by atoms with van der Waals surface area (Å²) in [5, 5.41) is 27.0. The van der Waals surface area contributed by atoms with E-state index in [1.807, 2.05) is 0 Å². The van der Waals surface area contributed by atoms with Crippen LogP contribution in [0.2, 0.25) is 0 Å². The lowest BCUT2D eigenvalue weighted by Gasteiger charge is -2.49. The minimum Gasteiger partial charge on any atom is -0.479 e. The van der Waals surface area contributed by atoms with Crippen LogP contribution in [0.1, 0.15) is 18.5 Å². The van der Waals surface area contributed by atoms with Crippen LogP contribution in [0.15, 0.2) is 32.6 Å². The number of β-lactam (4-membered cyclic amide) rings is 1. The van der Waals surface area contributed by atoms with Gasteiger partial charge in [0.2, 0.25) is 12.5 Å². The van der Waals surface area contributed by atoms with E-state index in [-0.39, 0.29) is 33.9 Å². The topological polar surface area (TPSA) is 205 Å². The predicted octanol–water partition coefficient (Wildman–Crippen LogP) is 0.0960. The maximum Gasteiger partial charge on any atom is 0.353 e. The van der Waals surface area contributed by atoms with Gasteiger partial charge >= 0.3 is 11.9 Å². The first-order valence-electron chi connectivity index (χ1n) is 11.1. The number of oxime groups is 1. The molecule has 0 aromatic carbocycles. The number of nitrogens with two attached hydrogens (primary N) is 1.